The molecule has 0 rings (SSSR count). The first kappa shape index (κ1) is 48.6. The highest BCUT2D eigenvalue weighted by atomic mass is 16.6. The predicted octanol–water partition coefficient (Wildman–Crippen LogP) is 14.3. The van der Waals surface area contributed by atoms with Crippen molar-refractivity contribution in [3.8, 4) is 0 Å². The van der Waals surface area contributed by atoms with Gasteiger partial charge < -0.3 is 14.2 Å². The molecule has 0 aromatic rings. The van der Waals surface area contributed by atoms with Gasteiger partial charge in [0, 0.05) is 19.4 Å². The van der Waals surface area contributed by atoms with Gasteiger partial charge in [-0.25, -0.2) is 0 Å². The average Bonchev–Trinajstić information content (AvgIpc) is 3.11. The summed E-state index contributed by atoms with van der Waals surface area (Å²) in [4.78, 5) is 25.0. The fraction of sp³-hybridized carbons (Fsp3) is 0.911. The summed E-state index contributed by atoms with van der Waals surface area (Å²) >= 11 is 0. The van der Waals surface area contributed by atoms with Crippen molar-refractivity contribution in [2.45, 2.75) is 245 Å². The molecule has 0 N–H and O–H groups in total. The van der Waals surface area contributed by atoms with Gasteiger partial charge in [-0.1, -0.05) is 193 Å². The second-order valence-corrected chi connectivity index (χ2v) is 15.0. The second kappa shape index (κ2) is 42.1. The zero-order valence-corrected chi connectivity index (χ0v) is 33.9. The number of rotatable bonds is 41. The van der Waals surface area contributed by atoms with E-state index in [0.29, 0.717) is 26.1 Å². The van der Waals surface area contributed by atoms with Gasteiger partial charge in [0.2, 0.25) is 0 Å². The lowest BCUT2D eigenvalue weighted by Crippen LogP contribution is -2.30. The molecule has 1 unspecified atom stereocenters. The molecule has 5 heteroatoms. The third-order valence-electron chi connectivity index (χ3n) is 9.80. The standard InChI is InChI=1S/C45H86O5/c1-4-7-10-13-15-17-19-21-23-24-26-28-30-33-35-38-44(46)49-42-43(50-45(47)39-36-32-12-9-6-3)41-48-40-37-34-31-29-27-25-22-20-18-16-14-11-8-5-2/h21,23,43H,4-20,22,24-42H2,1-3H3/b23-21-. The van der Waals surface area contributed by atoms with Gasteiger partial charge in [0.15, 0.2) is 6.10 Å². The molecule has 0 aliphatic carbocycles. The van der Waals surface area contributed by atoms with Crippen LogP contribution in [0.4, 0.5) is 0 Å². The van der Waals surface area contributed by atoms with E-state index in [-0.39, 0.29) is 18.5 Å². The van der Waals surface area contributed by atoms with Crippen molar-refractivity contribution >= 4 is 11.9 Å². The third-order valence-corrected chi connectivity index (χ3v) is 9.80. The van der Waals surface area contributed by atoms with Crippen LogP contribution in [0.5, 0.6) is 0 Å². The minimum atomic E-state index is -0.525. The number of unbranched alkanes of at least 4 members (excludes halogenated alkanes) is 28. The molecule has 0 aliphatic heterocycles. The number of hydrogen-bond acceptors (Lipinski definition) is 5. The van der Waals surface area contributed by atoms with Crippen molar-refractivity contribution < 1.29 is 23.8 Å². The van der Waals surface area contributed by atoms with Crippen molar-refractivity contribution in [3.63, 3.8) is 0 Å². The SMILES string of the molecule is CCCCCCCC/C=C\CCCCCCCC(=O)OCC(COCCCCCCCCCCCCCCCC)OC(=O)CCCCCCC. The van der Waals surface area contributed by atoms with E-state index in [1.165, 1.54) is 154 Å². The van der Waals surface area contributed by atoms with Gasteiger partial charge >= 0.3 is 11.9 Å². The minimum absolute atomic E-state index is 0.0875. The normalized spacial score (nSPS) is 12.1. The molecular formula is C45H86O5. The maximum atomic E-state index is 12.5. The summed E-state index contributed by atoms with van der Waals surface area (Å²) in [5.74, 6) is -0.407. The Morgan fingerprint density at radius 1 is 0.420 bits per heavy atom. The fourth-order valence-electron chi connectivity index (χ4n) is 6.45. The molecule has 5 nitrogen and oxygen atoms in total. The zero-order chi connectivity index (χ0) is 36.4. The first-order valence-electron chi connectivity index (χ1n) is 22.2. The van der Waals surface area contributed by atoms with Crippen LogP contribution in [0.2, 0.25) is 0 Å². The summed E-state index contributed by atoms with van der Waals surface area (Å²) in [6, 6.07) is 0. The number of carbonyl (C=O) groups excluding carboxylic acids is 2. The summed E-state index contributed by atoms with van der Waals surface area (Å²) < 4.78 is 17.2. The van der Waals surface area contributed by atoms with Crippen LogP contribution in [0.1, 0.15) is 239 Å². The van der Waals surface area contributed by atoms with E-state index in [1.807, 2.05) is 0 Å². The molecule has 50 heavy (non-hydrogen) atoms. The molecule has 0 heterocycles. The number of allylic oxidation sites excluding steroid dienone is 2. The lowest BCUT2D eigenvalue weighted by Gasteiger charge is -2.18. The van der Waals surface area contributed by atoms with Gasteiger partial charge in [0.1, 0.15) is 6.61 Å². The summed E-state index contributed by atoms with van der Waals surface area (Å²) in [7, 11) is 0. The summed E-state index contributed by atoms with van der Waals surface area (Å²) in [5.41, 5.74) is 0. The fourth-order valence-corrected chi connectivity index (χ4v) is 6.45. The molecule has 0 saturated carbocycles. The Bertz CT molecular complexity index is 720. The Morgan fingerprint density at radius 3 is 1.22 bits per heavy atom. The maximum absolute atomic E-state index is 12.5. The van der Waals surface area contributed by atoms with Crippen LogP contribution in [0, 0.1) is 0 Å². The van der Waals surface area contributed by atoms with E-state index < -0.39 is 6.10 Å². The molecule has 0 aromatic heterocycles. The van der Waals surface area contributed by atoms with Crippen LogP contribution >= 0.6 is 0 Å². The van der Waals surface area contributed by atoms with E-state index in [0.717, 1.165) is 51.4 Å². The first-order valence-corrected chi connectivity index (χ1v) is 22.2. The Hall–Kier alpha value is -1.36. The monoisotopic (exact) mass is 707 g/mol. The van der Waals surface area contributed by atoms with Gasteiger partial charge in [0.25, 0.3) is 0 Å². The van der Waals surface area contributed by atoms with Gasteiger partial charge in [-0.2, -0.15) is 0 Å². The Labute approximate surface area is 312 Å². The first-order chi connectivity index (χ1) is 24.6. The lowest BCUT2D eigenvalue weighted by molar-refractivity contribution is -0.163. The largest absolute Gasteiger partial charge is 0.462 e. The van der Waals surface area contributed by atoms with Crippen LogP contribution in [-0.4, -0.2) is 37.9 Å². The number of hydrogen-bond donors (Lipinski definition) is 0. The Kier molecular flexibility index (Phi) is 40.9. The number of carbonyl (C=O) groups is 2. The van der Waals surface area contributed by atoms with Crippen molar-refractivity contribution in [1.29, 1.82) is 0 Å². The van der Waals surface area contributed by atoms with Gasteiger partial charge in [-0.15, -0.1) is 0 Å². The highest BCUT2D eigenvalue weighted by Crippen LogP contribution is 2.14. The molecule has 0 aromatic carbocycles. The van der Waals surface area contributed by atoms with Crippen LogP contribution in [-0.2, 0) is 23.8 Å². The zero-order valence-electron chi connectivity index (χ0n) is 33.9. The molecule has 296 valence electrons. The summed E-state index contributed by atoms with van der Waals surface area (Å²) in [6.07, 6.45) is 45.2. The predicted molar refractivity (Wildman–Crippen MR) is 215 cm³/mol. The van der Waals surface area contributed by atoms with Gasteiger partial charge in [-0.05, 0) is 44.9 Å². The summed E-state index contributed by atoms with van der Waals surface area (Å²) in [5, 5.41) is 0. The van der Waals surface area contributed by atoms with E-state index in [2.05, 4.69) is 32.9 Å². The lowest BCUT2D eigenvalue weighted by atomic mass is 10.0. The highest BCUT2D eigenvalue weighted by Gasteiger charge is 2.17. The van der Waals surface area contributed by atoms with Crippen molar-refractivity contribution in [3.05, 3.63) is 12.2 Å². The van der Waals surface area contributed by atoms with Crippen LogP contribution in [0.25, 0.3) is 0 Å². The molecule has 0 bridgehead atoms. The number of ether oxygens (including phenoxy) is 3. The molecule has 0 fully saturated rings. The molecule has 0 amide bonds. The molecule has 0 spiro atoms. The topological polar surface area (TPSA) is 61.8 Å². The number of esters is 2. The minimum Gasteiger partial charge on any atom is -0.462 e. The quantitative estimate of drug-likeness (QED) is 0.0360. The van der Waals surface area contributed by atoms with Crippen molar-refractivity contribution in [2.24, 2.45) is 0 Å². The molecule has 0 saturated heterocycles. The van der Waals surface area contributed by atoms with Gasteiger partial charge in [-0.3, -0.25) is 9.59 Å². The van der Waals surface area contributed by atoms with Crippen LogP contribution in [0.15, 0.2) is 12.2 Å². The molecule has 0 aliphatic rings. The Balaban J connectivity index is 4.04. The van der Waals surface area contributed by atoms with Crippen molar-refractivity contribution in [1.82, 2.24) is 0 Å². The van der Waals surface area contributed by atoms with Crippen LogP contribution in [0.3, 0.4) is 0 Å². The molecule has 0 radical (unpaired) electrons. The average molecular weight is 707 g/mol. The molecular weight excluding hydrogens is 620 g/mol. The maximum Gasteiger partial charge on any atom is 0.306 e. The third kappa shape index (κ3) is 39.4. The second-order valence-electron chi connectivity index (χ2n) is 15.0. The molecule has 1 atom stereocenters. The Morgan fingerprint density at radius 2 is 0.780 bits per heavy atom. The van der Waals surface area contributed by atoms with E-state index in [1.54, 1.807) is 0 Å². The van der Waals surface area contributed by atoms with Gasteiger partial charge in [0.05, 0.1) is 6.61 Å². The van der Waals surface area contributed by atoms with Crippen LogP contribution < -0.4 is 0 Å². The van der Waals surface area contributed by atoms with E-state index in [9.17, 15) is 9.59 Å². The summed E-state index contributed by atoms with van der Waals surface area (Å²) in [6.45, 7) is 7.78. The smallest absolute Gasteiger partial charge is 0.306 e. The highest BCUT2D eigenvalue weighted by molar-refractivity contribution is 5.70. The van der Waals surface area contributed by atoms with E-state index in [4.69, 9.17) is 14.2 Å². The van der Waals surface area contributed by atoms with E-state index >= 15 is 0 Å². The van der Waals surface area contributed by atoms with Crippen molar-refractivity contribution in [2.75, 3.05) is 19.8 Å².